The molecule has 2 rings (SSSR count). The second-order valence-corrected chi connectivity index (χ2v) is 5.60. The Kier molecular flexibility index (Phi) is 6.80. The lowest BCUT2D eigenvalue weighted by atomic mass is 10.2. The molecule has 0 aliphatic rings. The first-order chi connectivity index (χ1) is 13.3. The van der Waals surface area contributed by atoms with Gasteiger partial charge in [-0.15, -0.1) is 0 Å². The molecule has 0 unspecified atom stereocenters. The number of nitro benzene ring substituents is 1. The number of halogens is 1. The molecule has 0 radical (unpaired) electrons. The normalized spacial score (nSPS) is 11.7. The van der Waals surface area contributed by atoms with Crippen molar-refractivity contribution in [3.8, 4) is 5.75 Å². The van der Waals surface area contributed by atoms with E-state index in [2.05, 4.69) is 5.32 Å². The minimum absolute atomic E-state index is 0.00733. The van der Waals surface area contributed by atoms with E-state index in [0.717, 1.165) is 24.3 Å². The van der Waals surface area contributed by atoms with Crippen molar-refractivity contribution >= 4 is 29.3 Å². The number of nitro groups is 1. The molecule has 1 amide bonds. The summed E-state index contributed by atoms with van der Waals surface area (Å²) >= 11 is 0. The average Bonchev–Trinajstić information content (AvgIpc) is 2.67. The SMILES string of the molecule is COc1cccc(/C=C/C(=O)O[C@H](C)C(=O)Nc2ccc(F)c([N+](=O)[O-])c2)c1. The summed E-state index contributed by atoms with van der Waals surface area (Å²) in [6.07, 6.45) is 1.48. The molecule has 0 fully saturated rings. The van der Waals surface area contributed by atoms with Gasteiger partial charge in [-0.2, -0.15) is 4.39 Å². The van der Waals surface area contributed by atoms with E-state index < -0.39 is 34.4 Å². The minimum Gasteiger partial charge on any atom is -0.497 e. The van der Waals surface area contributed by atoms with Gasteiger partial charge < -0.3 is 14.8 Å². The summed E-state index contributed by atoms with van der Waals surface area (Å²) in [6, 6.07) is 9.87. The van der Waals surface area contributed by atoms with Gasteiger partial charge in [-0.3, -0.25) is 14.9 Å². The molecule has 0 bridgehead atoms. The first kappa shape index (κ1) is 20.6. The molecule has 28 heavy (non-hydrogen) atoms. The first-order valence-electron chi connectivity index (χ1n) is 8.07. The molecule has 146 valence electrons. The maximum absolute atomic E-state index is 13.3. The third kappa shape index (κ3) is 5.63. The van der Waals surface area contributed by atoms with E-state index in [0.29, 0.717) is 11.3 Å². The Bertz CT molecular complexity index is 928. The maximum atomic E-state index is 13.3. The summed E-state index contributed by atoms with van der Waals surface area (Å²) in [6.45, 7) is 1.34. The number of carbonyl (C=O) groups excluding carboxylic acids is 2. The summed E-state index contributed by atoms with van der Waals surface area (Å²) in [5.74, 6) is -1.87. The molecule has 0 aromatic heterocycles. The van der Waals surface area contributed by atoms with Gasteiger partial charge in [0.2, 0.25) is 5.82 Å². The lowest BCUT2D eigenvalue weighted by Crippen LogP contribution is -2.29. The van der Waals surface area contributed by atoms with Gasteiger partial charge in [-0.05, 0) is 42.8 Å². The lowest BCUT2D eigenvalue weighted by Gasteiger charge is -2.12. The average molecular weight is 388 g/mol. The van der Waals surface area contributed by atoms with Crippen LogP contribution in [0.2, 0.25) is 0 Å². The highest BCUT2D eigenvalue weighted by Gasteiger charge is 2.19. The second kappa shape index (κ2) is 9.26. The summed E-state index contributed by atoms with van der Waals surface area (Å²) < 4.78 is 23.4. The highest BCUT2D eigenvalue weighted by Crippen LogP contribution is 2.21. The molecule has 2 aromatic carbocycles. The van der Waals surface area contributed by atoms with E-state index in [4.69, 9.17) is 9.47 Å². The highest BCUT2D eigenvalue weighted by atomic mass is 19.1. The van der Waals surface area contributed by atoms with Crippen LogP contribution in [0.25, 0.3) is 6.08 Å². The van der Waals surface area contributed by atoms with Crippen LogP contribution in [0, 0.1) is 15.9 Å². The van der Waals surface area contributed by atoms with Crippen LogP contribution in [0.1, 0.15) is 12.5 Å². The number of benzene rings is 2. The monoisotopic (exact) mass is 388 g/mol. The lowest BCUT2D eigenvalue weighted by molar-refractivity contribution is -0.387. The zero-order chi connectivity index (χ0) is 20.7. The van der Waals surface area contributed by atoms with Crippen LogP contribution in [-0.4, -0.2) is 30.0 Å². The van der Waals surface area contributed by atoms with Crippen molar-refractivity contribution in [2.75, 3.05) is 12.4 Å². The molecule has 1 N–H and O–H groups in total. The Morgan fingerprint density at radius 1 is 1.25 bits per heavy atom. The molecular weight excluding hydrogens is 371 g/mol. The number of nitrogens with zero attached hydrogens (tertiary/aromatic N) is 1. The zero-order valence-electron chi connectivity index (χ0n) is 15.0. The largest absolute Gasteiger partial charge is 0.497 e. The van der Waals surface area contributed by atoms with E-state index in [1.165, 1.54) is 20.1 Å². The molecule has 8 nitrogen and oxygen atoms in total. The van der Waals surface area contributed by atoms with Crippen molar-refractivity contribution in [1.29, 1.82) is 0 Å². The Morgan fingerprint density at radius 3 is 2.68 bits per heavy atom. The van der Waals surface area contributed by atoms with E-state index in [9.17, 15) is 24.1 Å². The van der Waals surface area contributed by atoms with Crippen molar-refractivity contribution in [2.24, 2.45) is 0 Å². The number of carbonyl (C=O) groups is 2. The zero-order valence-corrected chi connectivity index (χ0v) is 15.0. The topological polar surface area (TPSA) is 108 Å². The standard InChI is InChI=1S/C19H17FN2O6/c1-12(19(24)21-14-7-8-16(20)17(11-14)22(25)26)28-18(23)9-6-13-4-3-5-15(10-13)27-2/h3-12H,1-2H3,(H,21,24)/b9-6+/t12-/m1/s1. The maximum Gasteiger partial charge on any atom is 0.331 e. The van der Waals surface area contributed by atoms with Crippen molar-refractivity contribution in [3.05, 3.63) is 70.0 Å². The summed E-state index contributed by atoms with van der Waals surface area (Å²) in [7, 11) is 1.52. The number of esters is 1. The number of methoxy groups -OCH3 is 1. The van der Waals surface area contributed by atoms with Gasteiger partial charge in [-0.1, -0.05) is 12.1 Å². The Balaban J connectivity index is 1.96. The minimum atomic E-state index is -1.17. The fraction of sp³-hybridized carbons (Fsp3) is 0.158. The van der Waals surface area contributed by atoms with E-state index >= 15 is 0 Å². The van der Waals surface area contributed by atoms with Crippen molar-refractivity contribution in [3.63, 3.8) is 0 Å². The van der Waals surface area contributed by atoms with Crippen LogP contribution in [0.4, 0.5) is 15.8 Å². The van der Waals surface area contributed by atoms with Crippen molar-refractivity contribution in [2.45, 2.75) is 13.0 Å². The summed E-state index contributed by atoms with van der Waals surface area (Å²) in [5.41, 5.74) is -0.0661. The van der Waals surface area contributed by atoms with Crippen molar-refractivity contribution < 1.29 is 28.4 Å². The number of hydrogen-bond donors (Lipinski definition) is 1. The molecule has 9 heteroatoms. The number of hydrogen-bond acceptors (Lipinski definition) is 6. The second-order valence-electron chi connectivity index (χ2n) is 5.60. The van der Waals surface area contributed by atoms with Gasteiger partial charge in [0, 0.05) is 17.8 Å². The predicted octanol–water partition coefficient (Wildman–Crippen LogP) is 3.33. The Hall–Kier alpha value is -3.75. The highest BCUT2D eigenvalue weighted by molar-refractivity contribution is 5.96. The number of nitrogens with one attached hydrogen (secondary N) is 1. The smallest absolute Gasteiger partial charge is 0.331 e. The third-order valence-corrected chi connectivity index (χ3v) is 3.58. The summed E-state index contributed by atoms with van der Waals surface area (Å²) in [5, 5.41) is 13.1. The van der Waals surface area contributed by atoms with Gasteiger partial charge in [0.1, 0.15) is 5.75 Å². The van der Waals surface area contributed by atoms with Gasteiger partial charge >= 0.3 is 11.7 Å². The van der Waals surface area contributed by atoms with Gasteiger partial charge in [0.05, 0.1) is 12.0 Å². The number of amides is 1. The van der Waals surface area contributed by atoms with Crippen LogP contribution < -0.4 is 10.1 Å². The molecule has 0 saturated carbocycles. The van der Waals surface area contributed by atoms with Gasteiger partial charge in [0.15, 0.2) is 6.10 Å². The molecule has 1 atom stereocenters. The van der Waals surface area contributed by atoms with Crippen LogP contribution in [0.3, 0.4) is 0 Å². The molecule has 0 heterocycles. The Morgan fingerprint density at radius 2 is 2.00 bits per heavy atom. The molecule has 2 aromatic rings. The quantitative estimate of drug-likeness (QED) is 0.337. The fourth-order valence-corrected chi connectivity index (χ4v) is 2.15. The van der Waals surface area contributed by atoms with Crippen LogP contribution in [-0.2, 0) is 14.3 Å². The van der Waals surface area contributed by atoms with E-state index in [-0.39, 0.29) is 5.69 Å². The first-order valence-corrected chi connectivity index (χ1v) is 8.07. The Labute approximate surface area is 159 Å². The van der Waals surface area contributed by atoms with Crippen LogP contribution >= 0.6 is 0 Å². The molecule has 0 spiro atoms. The number of ether oxygens (including phenoxy) is 2. The van der Waals surface area contributed by atoms with E-state index in [1.54, 1.807) is 24.3 Å². The number of anilines is 1. The molecule has 0 aliphatic carbocycles. The number of rotatable bonds is 7. The third-order valence-electron chi connectivity index (χ3n) is 3.58. The van der Waals surface area contributed by atoms with E-state index in [1.807, 2.05) is 0 Å². The van der Waals surface area contributed by atoms with Gasteiger partial charge in [-0.25, -0.2) is 4.79 Å². The van der Waals surface area contributed by atoms with Gasteiger partial charge in [0.25, 0.3) is 5.91 Å². The summed E-state index contributed by atoms with van der Waals surface area (Å²) in [4.78, 5) is 33.8. The molecule has 0 aliphatic heterocycles. The van der Waals surface area contributed by atoms with Crippen LogP contribution in [0.15, 0.2) is 48.5 Å². The van der Waals surface area contributed by atoms with Crippen molar-refractivity contribution in [1.82, 2.24) is 0 Å². The molecule has 0 saturated heterocycles. The van der Waals surface area contributed by atoms with Crippen LogP contribution in [0.5, 0.6) is 5.75 Å². The fourth-order valence-electron chi connectivity index (χ4n) is 2.15. The molecular formula is C19H17FN2O6. The predicted molar refractivity (Wildman–Crippen MR) is 99.3 cm³/mol.